The van der Waals surface area contributed by atoms with Crippen LogP contribution in [-0.4, -0.2) is 37.4 Å². The Morgan fingerprint density at radius 3 is 2.62 bits per heavy atom. The molecule has 0 bridgehead atoms. The van der Waals surface area contributed by atoms with Crippen LogP contribution in [0.1, 0.15) is 33.1 Å². The van der Waals surface area contributed by atoms with Gasteiger partial charge in [0.05, 0.1) is 11.1 Å². The number of carbonyl (C=O) groups excluding carboxylic acids is 1. The van der Waals surface area contributed by atoms with E-state index < -0.39 is 0 Å². The lowest BCUT2D eigenvalue weighted by molar-refractivity contribution is -0.120. The van der Waals surface area contributed by atoms with Crippen molar-refractivity contribution < 1.29 is 14.3 Å². The van der Waals surface area contributed by atoms with E-state index in [4.69, 9.17) is 9.47 Å². The summed E-state index contributed by atoms with van der Waals surface area (Å²) in [5.41, 5.74) is -0.370. The standard InChI is InChI=1S/C12H21NO3/c1-11(2,15-3)9-8-10(14)13-12(9)4-6-16-7-5-12/h9H,4-8H2,1-3H3,(H,13,14). The summed E-state index contributed by atoms with van der Waals surface area (Å²) >= 11 is 0. The molecule has 92 valence electrons. The Hall–Kier alpha value is -0.610. The molecule has 2 aliphatic rings. The highest BCUT2D eigenvalue weighted by Crippen LogP contribution is 2.43. The van der Waals surface area contributed by atoms with Crippen molar-refractivity contribution >= 4 is 5.91 Å². The van der Waals surface area contributed by atoms with Crippen LogP contribution in [0.25, 0.3) is 0 Å². The van der Waals surface area contributed by atoms with Gasteiger partial charge in [0.15, 0.2) is 0 Å². The Bertz CT molecular complexity index is 282. The number of amides is 1. The first-order chi connectivity index (χ1) is 7.50. The fraction of sp³-hybridized carbons (Fsp3) is 0.917. The molecule has 0 saturated carbocycles. The molecule has 0 aromatic heterocycles. The zero-order valence-corrected chi connectivity index (χ0v) is 10.3. The smallest absolute Gasteiger partial charge is 0.220 e. The normalized spacial score (nSPS) is 29.4. The van der Waals surface area contributed by atoms with Crippen LogP contribution in [0.5, 0.6) is 0 Å². The van der Waals surface area contributed by atoms with Crippen molar-refractivity contribution in [2.75, 3.05) is 20.3 Å². The molecule has 0 aliphatic carbocycles. The summed E-state index contributed by atoms with van der Waals surface area (Å²) in [5.74, 6) is 0.387. The van der Waals surface area contributed by atoms with Gasteiger partial charge in [-0.25, -0.2) is 0 Å². The van der Waals surface area contributed by atoms with E-state index in [1.165, 1.54) is 0 Å². The second-order valence-corrected chi connectivity index (χ2v) is 5.38. The summed E-state index contributed by atoms with van der Waals surface area (Å²) in [5, 5.41) is 3.16. The summed E-state index contributed by atoms with van der Waals surface area (Å²) < 4.78 is 11.0. The lowest BCUT2D eigenvalue weighted by atomic mass is 9.71. The fourth-order valence-corrected chi connectivity index (χ4v) is 3.06. The molecule has 1 atom stereocenters. The second-order valence-electron chi connectivity index (χ2n) is 5.38. The lowest BCUT2D eigenvalue weighted by Gasteiger charge is -2.44. The number of rotatable bonds is 2. The molecule has 1 spiro atoms. The molecular formula is C12H21NO3. The van der Waals surface area contributed by atoms with E-state index in [0.717, 1.165) is 26.1 Å². The van der Waals surface area contributed by atoms with Crippen LogP contribution < -0.4 is 5.32 Å². The van der Waals surface area contributed by atoms with E-state index in [-0.39, 0.29) is 23.0 Å². The minimum Gasteiger partial charge on any atom is -0.381 e. The van der Waals surface area contributed by atoms with Gasteiger partial charge in [-0.2, -0.15) is 0 Å². The molecule has 1 N–H and O–H groups in total. The van der Waals surface area contributed by atoms with E-state index in [0.29, 0.717) is 6.42 Å². The van der Waals surface area contributed by atoms with Crippen LogP contribution in [0.15, 0.2) is 0 Å². The minimum absolute atomic E-state index is 0.102. The monoisotopic (exact) mass is 227 g/mol. The SMILES string of the molecule is COC(C)(C)C1CC(=O)NC12CCOCC2. The van der Waals surface area contributed by atoms with Gasteiger partial charge in [0.1, 0.15) is 0 Å². The highest BCUT2D eigenvalue weighted by molar-refractivity contribution is 5.80. The average molecular weight is 227 g/mol. The molecule has 2 aliphatic heterocycles. The van der Waals surface area contributed by atoms with Crippen LogP contribution >= 0.6 is 0 Å². The third-order valence-electron chi connectivity index (χ3n) is 4.20. The summed E-state index contributed by atoms with van der Waals surface area (Å²) in [7, 11) is 1.72. The van der Waals surface area contributed by atoms with Crippen molar-refractivity contribution in [2.24, 2.45) is 5.92 Å². The van der Waals surface area contributed by atoms with E-state index in [9.17, 15) is 4.79 Å². The van der Waals surface area contributed by atoms with E-state index >= 15 is 0 Å². The van der Waals surface area contributed by atoms with Crippen LogP contribution in [0.3, 0.4) is 0 Å². The molecule has 16 heavy (non-hydrogen) atoms. The number of ether oxygens (including phenoxy) is 2. The molecule has 2 saturated heterocycles. The molecule has 1 amide bonds. The van der Waals surface area contributed by atoms with Crippen LogP contribution in [0.4, 0.5) is 0 Å². The third kappa shape index (κ3) is 1.84. The van der Waals surface area contributed by atoms with Gasteiger partial charge in [0.2, 0.25) is 5.91 Å². The maximum Gasteiger partial charge on any atom is 0.220 e. The Morgan fingerprint density at radius 1 is 1.44 bits per heavy atom. The molecule has 0 aromatic rings. The molecule has 2 rings (SSSR count). The molecule has 2 fully saturated rings. The maximum atomic E-state index is 11.7. The average Bonchev–Trinajstić information content (AvgIpc) is 2.57. The first-order valence-electron chi connectivity index (χ1n) is 5.94. The fourth-order valence-electron chi connectivity index (χ4n) is 3.06. The minimum atomic E-state index is -0.267. The highest BCUT2D eigenvalue weighted by Gasteiger charge is 2.53. The van der Waals surface area contributed by atoms with Gasteiger partial charge in [-0.05, 0) is 26.7 Å². The number of hydrogen-bond acceptors (Lipinski definition) is 3. The van der Waals surface area contributed by atoms with E-state index in [1.807, 2.05) is 0 Å². The molecule has 0 radical (unpaired) electrons. The van der Waals surface area contributed by atoms with Gasteiger partial charge in [0.25, 0.3) is 0 Å². The first-order valence-corrected chi connectivity index (χ1v) is 5.94. The maximum absolute atomic E-state index is 11.7. The Labute approximate surface area is 96.7 Å². The largest absolute Gasteiger partial charge is 0.381 e. The number of nitrogens with one attached hydrogen (secondary N) is 1. The van der Waals surface area contributed by atoms with Crippen molar-refractivity contribution in [3.63, 3.8) is 0 Å². The molecular weight excluding hydrogens is 206 g/mol. The lowest BCUT2D eigenvalue weighted by Crippen LogP contribution is -2.55. The zero-order chi connectivity index (χ0) is 11.8. The molecule has 4 heteroatoms. The number of hydrogen-bond donors (Lipinski definition) is 1. The van der Waals surface area contributed by atoms with Crippen molar-refractivity contribution in [3.05, 3.63) is 0 Å². The van der Waals surface area contributed by atoms with E-state index in [1.54, 1.807) is 7.11 Å². The number of carbonyl (C=O) groups is 1. The van der Waals surface area contributed by atoms with Gasteiger partial charge in [-0.15, -0.1) is 0 Å². The quantitative estimate of drug-likeness (QED) is 0.768. The Morgan fingerprint density at radius 2 is 2.06 bits per heavy atom. The second kappa shape index (κ2) is 4.00. The van der Waals surface area contributed by atoms with Crippen molar-refractivity contribution in [1.82, 2.24) is 5.32 Å². The highest BCUT2D eigenvalue weighted by atomic mass is 16.5. The predicted octanol–water partition coefficient (Wildman–Crippen LogP) is 1.10. The Kier molecular flexibility index (Phi) is 2.97. The van der Waals surface area contributed by atoms with Gasteiger partial charge in [0, 0.05) is 32.7 Å². The van der Waals surface area contributed by atoms with Crippen molar-refractivity contribution in [3.8, 4) is 0 Å². The summed E-state index contributed by atoms with van der Waals surface area (Å²) in [4.78, 5) is 11.7. The van der Waals surface area contributed by atoms with Crippen LogP contribution in [0.2, 0.25) is 0 Å². The van der Waals surface area contributed by atoms with E-state index in [2.05, 4.69) is 19.2 Å². The summed E-state index contributed by atoms with van der Waals surface area (Å²) in [6, 6.07) is 0. The summed E-state index contributed by atoms with van der Waals surface area (Å²) in [6.45, 7) is 5.59. The zero-order valence-electron chi connectivity index (χ0n) is 10.3. The van der Waals surface area contributed by atoms with Gasteiger partial charge in [-0.3, -0.25) is 4.79 Å². The summed E-state index contributed by atoms with van der Waals surface area (Å²) in [6.07, 6.45) is 2.37. The molecule has 2 heterocycles. The van der Waals surface area contributed by atoms with Crippen LogP contribution in [0, 0.1) is 5.92 Å². The van der Waals surface area contributed by atoms with Gasteiger partial charge < -0.3 is 14.8 Å². The van der Waals surface area contributed by atoms with Crippen molar-refractivity contribution in [1.29, 1.82) is 0 Å². The number of methoxy groups -OCH3 is 1. The van der Waals surface area contributed by atoms with Crippen LogP contribution in [-0.2, 0) is 14.3 Å². The third-order valence-corrected chi connectivity index (χ3v) is 4.20. The van der Waals surface area contributed by atoms with Crippen molar-refractivity contribution in [2.45, 2.75) is 44.2 Å². The molecule has 0 aromatic carbocycles. The van der Waals surface area contributed by atoms with Gasteiger partial charge >= 0.3 is 0 Å². The first kappa shape index (κ1) is 11.9. The Balaban J connectivity index is 2.24. The van der Waals surface area contributed by atoms with Gasteiger partial charge in [-0.1, -0.05) is 0 Å². The molecule has 4 nitrogen and oxygen atoms in total. The predicted molar refractivity (Wildman–Crippen MR) is 60.1 cm³/mol. The molecule has 1 unspecified atom stereocenters. The topological polar surface area (TPSA) is 47.6 Å².